The number of nitrogens with one attached hydrogen (secondary N) is 2. The highest BCUT2D eigenvalue weighted by Crippen LogP contribution is 2.24. The molecule has 4 rings (SSSR count). The van der Waals surface area contributed by atoms with E-state index in [9.17, 15) is 9.59 Å². The van der Waals surface area contributed by atoms with Gasteiger partial charge >= 0.3 is 0 Å². The van der Waals surface area contributed by atoms with Crippen LogP contribution in [0.3, 0.4) is 0 Å². The monoisotopic (exact) mass is 436 g/mol. The molecule has 1 saturated heterocycles. The number of benzene rings is 3. The van der Waals surface area contributed by atoms with Gasteiger partial charge in [0.25, 0.3) is 11.8 Å². The van der Waals surface area contributed by atoms with Crippen molar-refractivity contribution in [2.45, 2.75) is 19.3 Å². The minimum atomic E-state index is -0.268. The smallest absolute Gasteiger partial charge is 0.256 e. The lowest BCUT2D eigenvalue weighted by atomic mass is 9.96. The summed E-state index contributed by atoms with van der Waals surface area (Å²) in [4.78, 5) is 25.9. The molecule has 0 spiro atoms. The third-order valence-electron chi connectivity index (χ3n) is 5.69. The summed E-state index contributed by atoms with van der Waals surface area (Å²) in [6.07, 6.45) is 2.96. The van der Waals surface area contributed by atoms with E-state index in [2.05, 4.69) is 10.6 Å². The first-order valence-corrected chi connectivity index (χ1v) is 10.9. The van der Waals surface area contributed by atoms with Crippen molar-refractivity contribution in [3.63, 3.8) is 0 Å². The molecule has 2 amide bonds. The zero-order chi connectivity index (χ0) is 21.6. The van der Waals surface area contributed by atoms with Crippen molar-refractivity contribution in [2.75, 3.05) is 25.1 Å². The Hall–Kier alpha value is -2.89. The topological polar surface area (TPSA) is 67.4 Å². The number of amides is 2. The second-order valence-electron chi connectivity index (χ2n) is 7.77. The fourth-order valence-electron chi connectivity index (χ4n) is 3.95. The Kier molecular flexibility index (Phi) is 6.85. The first-order chi connectivity index (χ1) is 15.1. The van der Waals surface area contributed by atoms with Crippen LogP contribution in [0, 0.1) is 5.92 Å². The van der Waals surface area contributed by atoms with Crippen molar-refractivity contribution in [1.82, 2.24) is 5.32 Å². The molecule has 1 fully saturated rings. The van der Waals surface area contributed by atoms with Gasteiger partial charge in [-0.15, -0.1) is 0 Å². The molecule has 2 N–H and O–H groups in total. The fourth-order valence-corrected chi connectivity index (χ4v) is 4.12. The molecule has 0 saturated carbocycles. The second-order valence-corrected chi connectivity index (χ2v) is 8.21. The van der Waals surface area contributed by atoms with Gasteiger partial charge in [0.2, 0.25) is 0 Å². The first kappa shape index (κ1) is 21.3. The number of halogens is 1. The van der Waals surface area contributed by atoms with Gasteiger partial charge in [-0.25, -0.2) is 0 Å². The maximum Gasteiger partial charge on any atom is 0.256 e. The quantitative estimate of drug-likeness (QED) is 0.551. The lowest BCUT2D eigenvalue weighted by Crippen LogP contribution is -2.28. The van der Waals surface area contributed by atoms with Gasteiger partial charge < -0.3 is 15.4 Å². The van der Waals surface area contributed by atoms with Gasteiger partial charge in [0, 0.05) is 30.3 Å². The fraction of sp³-hybridized carbons (Fsp3) is 0.280. The third-order valence-corrected chi connectivity index (χ3v) is 5.92. The maximum atomic E-state index is 13.0. The van der Waals surface area contributed by atoms with Crippen LogP contribution in [0.4, 0.5) is 5.69 Å². The molecule has 1 aliphatic heterocycles. The van der Waals surface area contributed by atoms with Crippen LogP contribution in [0.25, 0.3) is 10.8 Å². The molecule has 0 aromatic heterocycles. The zero-order valence-corrected chi connectivity index (χ0v) is 18.0. The van der Waals surface area contributed by atoms with E-state index in [1.807, 2.05) is 36.4 Å². The Morgan fingerprint density at radius 1 is 0.935 bits per heavy atom. The summed E-state index contributed by atoms with van der Waals surface area (Å²) in [5.41, 5.74) is 1.35. The molecule has 160 valence electrons. The SMILES string of the molecule is O=C(NCCC1CCOCC1)c1cc(Cl)ccc1NC(=O)c1cccc2ccccc12. The van der Waals surface area contributed by atoms with Gasteiger partial charge in [-0.2, -0.15) is 0 Å². The highest BCUT2D eigenvalue weighted by atomic mass is 35.5. The Balaban J connectivity index is 1.48. The average molecular weight is 437 g/mol. The van der Waals surface area contributed by atoms with Gasteiger partial charge in [0.05, 0.1) is 11.3 Å². The van der Waals surface area contributed by atoms with E-state index in [-0.39, 0.29) is 11.8 Å². The van der Waals surface area contributed by atoms with Crippen molar-refractivity contribution >= 4 is 39.9 Å². The molecule has 1 aliphatic rings. The Bertz CT molecular complexity index is 1090. The number of hydrogen-bond acceptors (Lipinski definition) is 3. The van der Waals surface area contributed by atoms with E-state index in [0.717, 1.165) is 43.2 Å². The van der Waals surface area contributed by atoms with Crippen LogP contribution < -0.4 is 10.6 Å². The van der Waals surface area contributed by atoms with Crippen LogP contribution >= 0.6 is 11.6 Å². The highest BCUT2D eigenvalue weighted by molar-refractivity contribution is 6.31. The Labute approximate surface area is 186 Å². The number of fused-ring (bicyclic) bond motifs is 1. The molecule has 0 bridgehead atoms. The average Bonchev–Trinajstić information content (AvgIpc) is 2.80. The molecule has 31 heavy (non-hydrogen) atoms. The van der Waals surface area contributed by atoms with Crippen LogP contribution in [0.15, 0.2) is 60.7 Å². The standard InChI is InChI=1S/C25H25ClN2O3/c26-19-8-9-23(22(16-19)24(29)27-13-10-17-11-14-31-15-12-17)28-25(30)21-7-3-5-18-4-1-2-6-20(18)21/h1-9,16-17H,10-15H2,(H,27,29)(H,28,30). The molecule has 3 aromatic rings. The first-order valence-electron chi connectivity index (χ1n) is 10.6. The molecule has 0 unspecified atom stereocenters. The number of carbonyl (C=O) groups is 2. The molecule has 3 aromatic carbocycles. The van der Waals surface area contributed by atoms with E-state index in [0.29, 0.717) is 34.3 Å². The summed E-state index contributed by atoms with van der Waals surface area (Å²) in [7, 11) is 0. The number of hydrogen-bond donors (Lipinski definition) is 2. The molecule has 0 atom stereocenters. The van der Waals surface area contributed by atoms with Crippen LogP contribution in [-0.2, 0) is 4.74 Å². The van der Waals surface area contributed by atoms with Crippen molar-refractivity contribution in [2.24, 2.45) is 5.92 Å². The van der Waals surface area contributed by atoms with Gasteiger partial charge in [-0.3, -0.25) is 9.59 Å². The van der Waals surface area contributed by atoms with Crippen LogP contribution in [0.5, 0.6) is 0 Å². The van der Waals surface area contributed by atoms with E-state index < -0.39 is 0 Å². The largest absolute Gasteiger partial charge is 0.381 e. The summed E-state index contributed by atoms with van der Waals surface area (Å²) in [5, 5.41) is 8.14. The van der Waals surface area contributed by atoms with Gasteiger partial charge in [-0.1, -0.05) is 48.0 Å². The summed E-state index contributed by atoms with van der Waals surface area (Å²) in [6.45, 7) is 2.15. The normalized spacial score (nSPS) is 14.4. The Morgan fingerprint density at radius 2 is 1.71 bits per heavy atom. The van der Waals surface area contributed by atoms with Crippen molar-refractivity contribution in [1.29, 1.82) is 0 Å². The molecule has 0 aliphatic carbocycles. The Morgan fingerprint density at radius 3 is 2.55 bits per heavy atom. The summed E-state index contributed by atoms with van der Waals surface area (Å²) < 4.78 is 5.38. The number of carbonyl (C=O) groups excluding carboxylic acids is 2. The predicted molar refractivity (Wildman–Crippen MR) is 124 cm³/mol. The lowest BCUT2D eigenvalue weighted by molar-refractivity contribution is 0.0636. The maximum absolute atomic E-state index is 13.0. The van der Waals surface area contributed by atoms with Crippen LogP contribution in [0.1, 0.15) is 40.0 Å². The zero-order valence-electron chi connectivity index (χ0n) is 17.2. The van der Waals surface area contributed by atoms with Crippen molar-refractivity contribution in [3.05, 3.63) is 76.8 Å². The molecular formula is C25H25ClN2O3. The third kappa shape index (κ3) is 5.24. The molecular weight excluding hydrogens is 412 g/mol. The summed E-state index contributed by atoms with van der Waals surface area (Å²) >= 11 is 6.14. The van der Waals surface area contributed by atoms with Gasteiger partial charge in [0.1, 0.15) is 0 Å². The minimum Gasteiger partial charge on any atom is -0.381 e. The minimum absolute atomic E-state index is 0.247. The van der Waals surface area contributed by atoms with E-state index in [1.54, 1.807) is 24.3 Å². The van der Waals surface area contributed by atoms with E-state index >= 15 is 0 Å². The van der Waals surface area contributed by atoms with Crippen LogP contribution in [-0.4, -0.2) is 31.6 Å². The summed E-state index contributed by atoms with van der Waals surface area (Å²) in [6, 6.07) is 18.2. The molecule has 0 radical (unpaired) electrons. The van der Waals surface area contributed by atoms with Crippen molar-refractivity contribution in [3.8, 4) is 0 Å². The molecule has 1 heterocycles. The number of ether oxygens (including phenoxy) is 1. The second kappa shape index (κ2) is 9.94. The van der Waals surface area contributed by atoms with E-state index in [4.69, 9.17) is 16.3 Å². The van der Waals surface area contributed by atoms with Crippen LogP contribution in [0.2, 0.25) is 5.02 Å². The molecule has 5 nitrogen and oxygen atoms in total. The molecule has 6 heteroatoms. The van der Waals surface area contributed by atoms with E-state index in [1.165, 1.54) is 0 Å². The number of anilines is 1. The van der Waals surface area contributed by atoms with Gasteiger partial charge in [0.15, 0.2) is 0 Å². The highest BCUT2D eigenvalue weighted by Gasteiger charge is 2.18. The van der Waals surface area contributed by atoms with Crippen molar-refractivity contribution < 1.29 is 14.3 Å². The predicted octanol–water partition coefficient (Wildman–Crippen LogP) is 5.29. The van der Waals surface area contributed by atoms with Gasteiger partial charge in [-0.05, 0) is 60.2 Å². The number of rotatable bonds is 6. The summed E-state index contributed by atoms with van der Waals surface area (Å²) in [5.74, 6) is 0.0529. The lowest BCUT2D eigenvalue weighted by Gasteiger charge is -2.22.